The monoisotopic (exact) mass is 404 g/mol. The number of hydrogen-bond acceptors (Lipinski definition) is 6. The van der Waals surface area contributed by atoms with E-state index in [2.05, 4.69) is 6.07 Å². The lowest BCUT2D eigenvalue weighted by molar-refractivity contribution is -0.117. The number of carbonyl (C=O) groups excluding carboxylic acids is 1. The van der Waals surface area contributed by atoms with Gasteiger partial charge in [0.25, 0.3) is 5.91 Å². The summed E-state index contributed by atoms with van der Waals surface area (Å²) in [5.41, 5.74) is 1.30. The van der Waals surface area contributed by atoms with Gasteiger partial charge in [0, 0.05) is 13.1 Å². The van der Waals surface area contributed by atoms with Crippen LogP contribution in [0.3, 0.4) is 0 Å². The molecule has 0 atom stereocenters. The molecular formula is C18H17FN4O4S. The van der Waals surface area contributed by atoms with E-state index in [1.165, 1.54) is 6.07 Å². The van der Waals surface area contributed by atoms with Crippen LogP contribution in [-0.4, -0.2) is 37.9 Å². The summed E-state index contributed by atoms with van der Waals surface area (Å²) in [6, 6.07) is 11.5. The Morgan fingerprint density at radius 2 is 2.00 bits per heavy atom. The Hall–Kier alpha value is -3.16. The average molecular weight is 404 g/mol. The fourth-order valence-electron chi connectivity index (χ4n) is 3.04. The van der Waals surface area contributed by atoms with Crippen molar-refractivity contribution in [3.8, 4) is 11.8 Å². The molecule has 2 aromatic rings. The molecule has 0 saturated carbocycles. The van der Waals surface area contributed by atoms with Crippen LogP contribution in [0.1, 0.15) is 16.7 Å². The van der Waals surface area contributed by atoms with Gasteiger partial charge in [-0.3, -0.25) is 9.69 Å². The molecule has 0 spiro atoms. The number of nitriles is 1. The first-order chi connectivity index (χ1) is 13.2. The second-order valence-corrected chi connectivity index (χ2v) is 8.06. The molecule has 146 valence electrons. The molecule has 1 heterocycles. The van der Waals surface area contributed by atoms with Crippen molar-refractivity contribution in [3.05, 3.63) is 58.9 Å². The zero-order chi connectivity index (χ0) is 20.5. The van der Waals surface area contributed by atoms with Crippen molar-refractivity contribution in [2.24, 2.45) is 0 Å². The highest BCUT2D eigenvalue weighted by Crippen LogP contribution is 2.34. The second-order valence-electron chi connectivity index (χ2n) is 6.47. The largest absolute Gasteiger partial charge is 0.506 e. The van der Waals surface area contributed by atoms with Crippen molar-refractivity contribution in [1.82, 2.24) is 9.62 Å². The molecule has 0 bridgehead atoms. The number of phenols is 1. The number of aromatic hydroxyl groups is 1. The van der Waals surface area contributed by atoms with Crippen molar-refractivity contribution in [1.29, 1.82) is 5.26 Å². The smallest absolute Gasteiger partial charge is 0.326 e. The van der Waals surface area contributed by atoms with E-state index in [1.54, 1.807) is 30.0 Å². The molecule has 1 aliphatic rings. The number of carbonyl (C=O) groups is 1. The van der Waals surface area contributed by atoms with Crippen molar-refractivity contribution in [2.75, 3.05) is 17.9 Å². The highest BCUT2D eigenvalue weighted by Gasteiger charge is 2.37. The highest BCUT2D eigenvalue weighted by atomic mass is 32.2. The molecule has 2 N–H and O–H groups in total. The number of amides is 1. The van der Waals surface area contributed by atoms with Crippen molar-refractivity contribution in [2.45, 2.75) is 13.1 Å². The zero-order valence-corrected chi connectivity index (χ0v) is 15.7. The Morgan fingerprint density at radius 1 is 1.29 bits per heavy atom. The number of hydrogen-bond donors (Lipinski definition) is 2. The molecule has 28 heavy (non-hydrogen) atoms. The van der Waals surface area contributed by atoms with E-state index in [4.69, 9.17) is 5.26 Å². The van der Waals surface area contributed by atoms with Gasteiger partial charge in [0.1, 0.15) is 18.0 Å². The summed E-state index contributed by atoms with van der Waals surface area (Å²) in [4.78, 5) is 13.2. The molecule has 0 aliphatic carbocycles. The van der Waals surface area contributed by atoms with Crippen LogP contribution in [-0.2, 0) is 28.1 Å². The highest BCUT2D eigenvalue weighted by molar-refractivity contribution is 7.92. The van der Waals surface area contributed by atoms with E-state index in [0.717, 1.165) is 11.6 Å². The Balaban J connectivity index is 1.79. The molecule has 0 radical (unpaired) electrons. The second kappa shape index (κ2) is 7.46. The first-order valence-corrected chi connectivity index (χ1v) is 9.66. The van der Waals surface area contributed by atoms with Gasteiger partial charge < -0.3 is 5.11 Å². The topological polar surface area (TPSA) is 114 Å². The molecule has 0 unspecified atom stereocenters. The van der Waals surface area contributed by atoms with Crippen LogP contribution in [0.25, 0.3) is 0 Å². The van der Waals surface area contributed by atoms with Crippen LogP contribution in [0.2, 0.25) is 0 Å². The summed E-state index contributed by atoms with van der Waals surface area (Å²) < 4.78 is 40.5. The number of anilines is 1. The number of halogens is 1. The minimum absolute atomic E-state index is 0.269. The van der Waals surface area contributed by atoms with Gasteiger partial charge in [0.2, 0.25) is 0 Å². The molecule has 1 aliphatic heterocycles. The van der Waals surface area contributed by atoms with Crippen LogP contribution in [0, 0.1) is 17.1 Å². The van der Waals surface area contributed by atoms with Crippen LogP contribution in [0.4, 0.5) is 10.1 Å². The lowest BCUT2D eigenvalue weighted by atomic mass is 10.1. The quantitative estimate of drug-likeness (QED) is 0.775. The summed E-state index contributed by atoms with van der Waals surface area (Å²) in [6.07, 6.45) is 0. The number of rotatable bonds is 5. The lowest BCUT2D eigenvalue weighted by Gasteiger charge is -2.20. The van der Waals surface area contributed by atoms with Gasteiger partial charge in [-0.25, -0.2) is 13.4 Å². The molecule has 1 saturated heterocycles. The number of benzene rings is 2. The van der Waals surface area contributed by atoms with Gasteiger partial charge in [0.15, 0.2) is 5.82 Å². The van der Waals surface area contributed by atoms with Crippen LogP contribution in [0.15, 0.2) is 36.4 Å². The van der Waals surface area contributed by atoms with E-state index in [-0.39, 0.29) is 6.54 Å². The summed E-state index contributed by atoms with van der Waals surface area (Å²) in [6.45, 7) is 0.158. The van der Waals surface area contributed by atoms with Crippen LogP contribution >= 0.6 is 0 Å². The normalized spacial score (nSPS) is 15.5. The van der Waals surface area contributed by atoms with Crippen LogP contribution in [0.5, 0.6) is 5.75 Å². The lowest BCUT2D eigenvalue weighted by Crippen LogP contribution is -2.30. The molecule has 0 aromatic heterocycles. The maximum Gasteiger partial charge on any atom is 0.326 e. The Morgan fingerprint density at radius 3 is 2.61 bits per heavy atom. The summed E-state index contributed by atoms with van der Waals surface area (Å²) >= 11 is 0. The van der Waals surface area contributed by atoms with Gasteiger partial charge >= 0.3 is 10.2 Å². The molecule has 1 amide bonds. The van der Waals surface area contributed by atoms with Gasteiger partial charge in [-0.1, -0.05) is 12.1 Å². The van der Waals surface area contributed by atoms with E-state index in [1.807, 2.05) is 11.0 Å². The zero-order valence-electron chi connectivity index (χ0n) is 14.9. The third kappa shape index (κ3) is 4.05. The summed E-state index contributed by atoms with van der Waals surface area (Å²) in [7, 11) is -2.43. The van der Waals surface area contributed by atoms with E-state index in [0.29, 0.717) is 22.0 Å². The molecule has 8 nitrogen and oxygen atoms in total. The number of nitrogens with zero attached hydrogens (tertiary/aromatic N) is 3. The first-order valence-electron chi connectivity index (χ1n) is 8.22. The SMILES string of the molecule is CN(Cc1cccc(C#N)c1)Cc1cc(O)c(N2CC(=O)NS2(=O)=O)c(F)c1. The maximum absolute atomic E-state index is 14.5. The van der Waals surface area contributed by atoms with E-state index >= 15 is 0 Å². The summed E-state index contributed by atoms with van der Waals surface area (Å²) in [5, 5.41) is 19.1. The van der Waals surface area contributed by atoms with Crippen molar-refractivity contribution < 1.29 is 22.7 Å². The Labute approximate surface area is 161 Å². The average Bonchev–Trinajstić information content (AvgIpc) is 2.86. The van der Waals surface area contributed by atoms with Gasteiger partial charge in [-0.15, -0.1) is 0 Å². The Bertz CT molecular complexity index is 1060. The molecule has 2 aromatic carbocycles. The molecule has 10 heteroatoms. The Kier molecular flexibility index (Phi) is 5.22. The maximum atomic E-state index is 14.5. The summed E-state index contributed by atoms with van der Waals surface area (Å²) in [5.74, 6) is -2.33. The minimum atomic E-state index is -4.22. The number of phenolic OH excluding ortho intramolecular Hbond substituents is 1. The van der Waals surface area contributed by atoms with Crippen LogP contribution < -0.4 is 9.03 Å². The van der Waals surface area contributed by atoms with Gasteiger partial charge in [-0.05, 0) is 42.4 Å². The van der Waals surface area contributed by atoms with Gasteiger partial charge in [-0.2, -0.15) is 13.7 Å². The fraction of sp³-hybridized carbons (Fsp3) is 0.222. The van der Waals surface area contributed by atoms with Crippen molar-refractivity contribution in [3.63, 3.8) is 0 Å². The molecular weight excluding hydrogens is 387 g/mol. The molecule has 1 fully saturated rings. The first kappa shape index (κ1) is 19.6. The predicted octanol–water partition coefficient (Wildman–Crippen LogP) is 1.22. The third-order valence-corrected chi connectivity index (χ3v) is 5.51. The molecule has 3 rings (SSSR count). The van der Waals surface area contributed by atoms with E-state index in [9.17, 15) is 22.7 Å². The van der Waals surface area contributed by atoms with Crippen molar-refractivity contribution >= 4 is 21.8 Å². The van der Waals surface area contributed by atoms with Gasteiger partial charge in [0.05, 0.1) is 11.6 Å². The van der Waals surface area contributed by atoms with E-state index < -0.39 is 39.9 Å². The fourth-order valence-corrected chi connectivity index (χ4v) is 4.21. The minimum Gasteiger partial charge on any atom is -0.506 e. The third-order valence-electron chi connectivity index (χ3n) is 4.13. The predicted molar refractivity (Wildman–Crippen MR) is 98.8 cm³/mol. The number of nitrogens with one attached hydrogen (secondary N) is 1. The standard InChI is InChI=1S/C18H17FN4O4S/c1-22(9-13-4-2-3-12(5-13)8-20)10-14-6-15(19)18(16(24)7-14)23-11-17(25)21-28(23,26)27/h2-7,24H,9-11H2,1H3,(H,21,25).